The molecule has 2 atom stereocenters. The molecule has 14 nitrogen and oxygen atoms in total. The largest absolute Gasteiger partial charge is 0.340 e. The number of nitrogens with zero attached hydrogens (tertiary/aromatic N) is 12. The third-order valence-corrected chi connectivity index (χ3v) is 13.0. The number of hydrogen-bond donors (Lipinski definition) is 0. The van der Waals surface area contributed by atoms with Crippen LogP contribution in [-0.4, -0.2) is 89.1 Å². The molecule has 4 aromatic heterocycles. The first-order valence-corrected chi connectivity index (χ1v) is 21.0. The maximum Gasteiger partial charge on any atom is 0.252 e. The molecule has 8 heterocycles. The molecule has 332 valence electrons. The van der Waals surface area contributed by atoms with Crippen LogP contribution in [0.15, 0.2) is 61.4 Å². The van der Waals surface area contributed by atoms with E-state index in [1.807, 2.05) is 13.8 Å². The Morgan fingerprint density at radius 3 is 1.30 bits per heavy atom. The van der Waals surface area contributed by atoms with E-state index in [9.17, 15) is 35.9 Å². The van der Waals surface area contributed by atoms with Crippen LogP contribution in [0.3, 0.4) is 0 Å². The number of fused-ring (bicyclic) bond motifs is 6. The van der Waals surface area contributed by atoms with E-state index in [0.717, 1.165) is 62.8 Å². The molecule has 20 heteroatoms. The summed E-state index contributed by atoms with van der Waals surface area (Å²) in [6.45, 7) is 5.40. The molecule has 0 unspecified atom stereocenters. The molecule has 64 heavy (non-hydrogen) atoms. The molecule has 0 saturated carbocycles. The van der Waals surface area contributed by atoms with Crippen molar-refractivity contribution in [3.8, 4) is 34.7 Å². The molecule has 2 saturated heterocycles. The van der Waals surface area contributed by atoms with Gasteiger partial charge in [0.25, 0.3) is 11.8 Å². The summed E-state index contributed by atoms with van der Waals surface area (Å²) < 4.78 is 85.1. The fraction of sp³-hybridized carbons (Fsp3) is 0.364. The normalized spacial score (nSPS) is 20.3. The second kappa shape index (κ2) is 16.0. The number of carbonyl (C=O) groups is 2. The van der Waals surface area contributed by atoms with Gasteiger partial charge in [-0.1, -0.05) is 13.8 Å². The Labute approximate surface area is 363 Å². The lowest BCUT2D eigenvalue weighted by molar-refractivity contribution is -0.125. The van der Waals surface area contributed by atoms with Crippen molar-refractivity contribution in [3.63, 3.8) is 0 Å². The van der Waals surface area contributed by atoms with Gasteiger partial charge >= 0.3 is 0 Å². The van der Waals surface area contributed by atoms with Gasteiger partial charge in [0.1, 0.15) is 34.1 Å². The summed E-state index contributed by atoms with van der Waals surface area (Å²) >= 11 is 0. The monoisotopic (exact) mass is 884 g/mol. The number of anilines is 4. The Morgan fingerprint density at radius 2 is 0.938 bits per heavy atom. The van der Waals surface area contributed by atoms with Crippen LogP contribution in [0.4, 0.5) is 49.4 Å². The molecule has 6 aromatic rings. The fourth-order valence-electron chi connectivity index (χ4n) is 9.56. The van der Waals surface area contributed by atoms with E-state index in [-0.39, 0.29) is 46.5 Å². The minimum atomic E-state index is -1.54. The van der Waals surface area contributed by atoms with Crippen LogP contribution in [0, 0.1) is 34.9 Å². The molecule has 4 aliphatic heterocycles. The van der Waals surface area contributed by atoms with Crippen molar-refractivity contribution >= 4 is 34.8 Å². The average Bonchev–Trinajstić information content (AvgIpc) is 4.02. The van der Waals surface area contributed by atoms with Crippen molar-refractivity contribution in [2.45, 2.75) is 76.3 Å². The van der Waals surface area contributed by atoms with Crippen molar-refractivity contribution in [2.24, 2.45) is 0 Å². The van der Waals surface area contributed by atoms with Crippen molar-refractivity contribution in [3.05, 3.63) is 96.3 Å². The zero-order valence-electron chi connectivity index (χ0n) is 35.3. The highest BCUT2D eigenvalue weighted by atomic mass is 19.2. The minimum Gasteiger partial charge on any atom is -0.340 e. The molecular weight excluding hydrogens is 843 g/mol. The number of piperidine rings is 2. The third-order valence-electron chi connectivity index (χ3n) is 13.0. The van der Waals surface area contributed by atoms with Crippen LogP contribution in [0.1, 0.15) is 65.2 Å². The van der Waals surface area contributed by atoms with Crippen LogP contribution in [0.5, 0.6) is 0 Å². The SMILES string of the molecule is CC[C@@]12CCCCN1c1nc(-n3ccnc3-c3cc(F)c(F)c(F)c3)ncc1N(C)C2=O.CC[C@]12CCCCN1c1nc(-n3ccnc3-c3cc(F)c(F)c(F)c3)ncc1N(C)C2=O. The van der Waals surface area contributed by atoms with Gasteiger partial charge in [-0.2, -0.15) is 9.97 Å². The number of hydrogen-bond acceptors (Lipinski definition) is 10. The lowest BCUT2D eigenvalue weighted by Gasteiger charge is -2.51. The number of imidazole rings is 2. The Kier molecular flexibility index (Phi) is 10.6. The summed E-state index contributed by atoms with van der Waals surface area (Å²) in [5.74, 6) is -6.14. The highest BCUT2D eigenvalue weighted by molar-refractivity contribution is 6.08. The number of rotatable bonds is 6. The Morgan fingerprint density at radius 1 is 0.562 bits per heavy atom. The van der Waals surface area contributed by atoms with Gasteiger partial charge in [-0.3, -0.25) is 18.7 Å². The number of carbonyl (C=O) groups excluding carboxylic acids is 2. The molecule has 0 radical (unpaired) electrons. The second-order valence-corrected chi connectivity index (χ2v) is 16.2. The molecule has 0 spiro atoms. The van der Waals surface area contributed by atoms with Gasteiger partial charge in [0.15, 0.2) is 46.5 Å². The molecule has 2 aromatic carbocycles. The summed E-state index contributed by atoms with van der Waals surface area (Å²) in [6.07, 6.45) is 15.8. The van der Waals surface area contributed by atoms with Gasteiger partial charge in [-0.15, -0.1) is 0 Å². The van der Waals surface area contributed by atoms with E-state index < -0.39 is 46.0 Å². The van der Waals surface area contributed by atoms with Crippen LogP contribution in [-0.2, 0) is 9.59 Å². The minimum absolute atomic E-state index is 0.0316. The predicted octanol–water partition coefficient (Wildman–Crippen LogP) is 7.72. The first-order chi connectivity index (χ1) is 30.7. The predicted molar refractivity (Wildman–Crippen MR) is 224 cm³/mol. The first kappa shape index (κ1) is 42.4. The van der Waals surface area contributed by atoms with Gasteiger partial charge in [0, 0.05) is 63.1 Å². The quantitative estimate of drug-likeness (QED) is 0.121. The lowest BCUT2D eigenvalue weighted by atomic mass is 9.81. The average molecular weight is 885 g/mol. The van der Waals surface area contributed by atoms with Crippen molar-refractivity contribution in [2.75, 3.05) is 46.8 Å². The highest BCUT2D eigenvalue weighted by Gasteiger charge is 2.52. The van der Waals surface area contributed by atoms with Crippen LogP contribution in [0.25, 0.3) is 34.7 Å². The summed E-state index contributed by atoms with van der Waals surface area (Å²) in [5.41, 5.74) is 0.0245. The second-order valence-electron chi connectivity index (χ2n) is 16.2. The van der Waals surface area contributed by atoms with Gasteiger partial charge in [0.2, 0.25) is 11.9 Å². The van der Waals surface area contributed by atoms with Crippen LogP contribution in [0.2, 0.25) is 0 Å². The number of aromatic nitrogens is 8. The smallest absolute Gasteiger partial charge is 0.252 e. The van der Waals surface area contributed by atoms with Crippen LogP contribution < -0.4 is 19.6 Å². The van der Waals surface area contributed by atoms with E-state index in [1.54, 1.807) is 48.7 Å². The fourth-order valence-corrected chi connectivity index (χ4v) is 9.56. The van der Waals surface area contributed by atoms with Gasteiger partial charge < -0.3 is 19.6 Å². The molecule has 2 fully saturated rings. The molecule has 10 rings (SSSR count). The van der Waals surface area contributed by atoms with Gasteiger partial charge in [-0.05, 0) is 75.6 Å². The maximum absolute atomic E-state index is 13.8. The molecule has 0 bridgehead atoms. The Balaban J connectivity index is 0.000000162. The van der Waals surface area contributed by atoms with Gasteiger partial charge in [-0.25, -0.2) is 46.3 Å². The number of likely N-dealkylation sites (N-methyl/N-ethyl adjacent to an activating group) is 2. The van der Waals surface area contributed by atoms with E-state index in [1.165, 1.54) is 21.5 Å². The summed E-state index contributed by atoms with van der Waals surface area (Å²) in [6, 6.07) is 3.54. The Hall–Kier alpha value is -6.86. The Bertz CT molecular complexity index is 2600. The zero-order valence-corrected chi connectivity index (χ0v) is 35.3. The van der Waals surface area contributed by atoms with Crippen LogP contribution >= 0.6 is 0 Å². The topological polar surface area (TPSA) is 134 Å². The zero-order chi connectivity index (χ0) is 45.2. The van der Waals surface area contributed by atoms with Crippen molar-refractivity contribution in [1.82, 2.24) is 39.0 Å². The molecule has 0 aliphatic carbocycles. The molecule has 4 aliphatic rings. The number of benzene rings is 2. The molecule has 0 N–H and O–H groups in total. The van der Waals surface area contributed by atoms with Gasteiger partial charge in [0.05, 0.1) is 12.4 Å². The lowest BCUT2D eigenvalue weighted by Crippen LogP contribution is -2.64. The van der Waals surface area contributed by atoms with E-state index in [0.29, 0.717) is 48.9 Å². The molecular formula is C44H42F6N12O2. The van der Waals surface area contributed by atoms with Crippen molar-refractivity contribution in [1.29, 1.82) is 0 Å². The van der Waals surface area contributed by atoms with E-state index in [2.05, 4.69) is 29.7 Å². The number of halogens is 6. The summed E-state index contributed by atoms with van der Waals surface area (Å²) in [5, 5.41) is 0. The van der Waals surface area contributed by atoms with E-state index in [4.69, 9.17) is 9.97 Å². The maximum atomic E-state index is 13.8. The first-order valence-electron chi connectivity index (χ1n) is 21.0. The summed E-state index contributed by atoms with van der Waals surface area (Å²) in [4.78, 5) is 60.4. The molecule has 2 amide bonds. The number of amides is 2. The highest BCUT2D eigenvalue weighted by Crippen LogP contribution is 2.46. The summed E-state index contributed by atoms with van der Waals surface area (Å²) in [7, 11) is 3.44. The standard InChI is InChI=1S/2C22H21F3N6O/c2*1-3-22-6-4-5-8-31(22)19-16(29(2)20(22)32)12-27-21(28-19)30-9-7-26-18(30)13-10-14(23)17(25)15(24)11-13/h2*7,9-12H,3-6,8H2,1-2H3/t2*22-/m10/s1. The third kappa shape index (κ3) is 6.55. The van der Waals surface area contributed by atoms with E-state index >= 15 is 0 Å². The van der Waals surface area contributed by atoms with Crippen molar-refractivity contribution < 1.29 is 35.9 Å².